The van der Waals surface area contributed by atoms with Crippen LogP contribution in [0.4, 0.5) is 0 Å². The van der Waals surface area contributed by atoms with Gasteiger partial charge < -0.3 is 0 Å². The minimum Gasteiger partial charge on any atom is -0.114 e. The highest BCUT2D eigenvalue weighted by Crippen LogP contribution is 2.44. The minimum atomic E-state index is -0.508. The van der Waals surface area contributed by atoms with Crippen molar-refractivity contribution in [1.82, 2.24) is 0 Å². The SMILES string of the molecule is [N-]=[N+]=N[C@H]1CCCC[C@@]1(Cl)c1ccccc1. The Bertz CT molecular complexity index is 400. The molecule has 0 N–H and O–H groups in total. The Morgan fingerprint density at radius 1 is 1.31 bits per heavy atom. The van der Waals surface area contributed by atoms with Gasteiger partial charge in [-0.1, -0.05) is 48.3 Å². The van der Waals surface area contributed by atoms with Crippen molar-refractivity contribution in [2.75, 3.05) is 0 Å². The lowest BCUT2D eigenvalue weighted by Crippen LogP contribution is -2.35. The van der Waals surface area contributed by atoms with E-state index < -0.39 is 4.87 Å². The van der Waals surface area contributed by atoms with Gasteiger partial charge in [0.15, 0.2) is 0 Å². The summed E-state index contributed by atoms with van der Waals surface area (Å²) in [5.41, 5.74) is 9.66. The van der Waals surface area contributed by atoms with E-state index in [1.165, 1.54) is 0 Å². The van der Waals surface area contributed by atoms with E-state index in [1.54, 1.807) is 0 Å². The lowest BCUT2D eigenvalue weighted by atomic mass is 9.79. The zero-order valence-corrected chi connectivity index (χ0v) is 9.77. The molecule has 2 rings (SSSR count). The lowest BCUT2D eigenvalue weighted by Gasteiger charge is -2.37. The fourth-order valence-corrected chi connectivity index (χ4v) is 2.79. The number of hydrogen-bond donors (Lipinski definition) is 0. The van der Waals surface area contributed by atoms with Crippen molar-refractivity contribution in [1.29, 1.82) is 0 Å². The maximum atomic E-state index is 8.60. The molecule has 0 bridgehead atoms. The Hall–Kier alpha value is -1.18. The highest BCUT2D eigenvalue weighted by molar-refractivity contribution is 6.24. The van der Waals surface area contributed by atoms with Gasteiger partial charge in [0.05, 0.1) is 10.9 Å². The molecule has 0 amide bonds. The molecule has 1 aromatic rings. The van der Waals surface area contributed by atoms with Gasteiger partial charge in [-0.25, -0.2) is 0 Å². The molecule has 1 fully saturated rings. The standard InChI is InChI=1S/C12H14ClN3/c13-12(10-6-2-1-3-7-10)9-5-4-8-11(12)15-16-14/h1-3,6-7,11H,4-5,8-9H2/t11-,12+/m0/s1. The summed E-state index contributed by atoms with van der Waals surface area (Å²) >= 11 is 6.68. The first-order chi connectivity index (χ1) is 7.77. The van der Waals surface area contributed by atoms with Gasteiger partial charge in [-0.05, 0) is 23.9 Å². The average molecular weight is 236 g/mol. The first-order valence-electron chi connectivity index (χ1n) is 5.56. The van der Waals surface area contributed by atoms with Gasteiger partial charge >= 0.3 is 0 Å². The van der Waals surface area contributed by atoms with Gasteiger partial charge in [0.1, 0.15) is 0 Å². The molecule has 1 aliphatic carbocycles. The second-order valence-electron chi connectivity index (χ2n) is 4.19. The summed E-state index contributed by atoms with van der Waals surface area (Å²) < 4.78 is 0. The molecule has 0 spiro atoms. The van der Waals surface area contributed by atoms with E-state index in [1.807, 2.05) is 30.3 Å². The molecule has 2 atom stereocenters. The summed E-state index contributed by atoms with van der Waals surface area (Å²) in [5.74, 6) is 0. The van der Waals surface area contributed by atoms with Crippen LogP contribution in [0, 0.1) is 0 Å². The second-order valence-corrected chi connectivity index (χ2v) is 4.87. The normalized spacial score (nSPS) is 29.4. The van der Waals surface area contributed by atoms with Crippen molar-refractivity contribution < 1.29 is 0 Å². The van der Waals surface area contributed by atoms with Crippen LogP contribution in [0.1, 0.15) is 31.2 Å². The van der Waals surface area contributed by atoms with E-state index in [9.17, 15) is 0 Å². The van der Waals surface area contributed by atoms with Gasteiger partial charge in [-0.2, -0.15) is 0 Å². The van der Waals surface area contributed by atoms with Crippen LogP contribution in [0.3, 0.4) is 0 Å². The predicted molar refractivity (Wildman–Crippen MR) is 65.4 cm³/mol. The number of alkyl halides is 1. The van der Waals surface area contributed by atoms with E-state index in [-0.39, 0.29) is 6.04 Å². The van der Waals surface area contributed by atoms with E-state index in [0.717, 1.165) is 31.2 Å². The average Bonchev–Trinajstić information content (AvgIpc) is 2.34. The van der Waals surface area contributed by atoms with Gasteiger partial charge in [0.25, 0.3) is 0 Å². The van der Waals surface area contributed by atoms with E-state index >= 15 is 0 Å². The van der Waals surface area contributed by atoms with Gasteiger partial charge in [0.2, 0.25) is 0 Å². The molecule has 0 aromatic heterocycles. The van der Waals surface area contributed by atoms with E-state index in [0.29, 0.717) is 0 Å². The molecule has 4 heteroatoms. The zero-order valence-electron chi connectivity index (χ0n) is 9.01. The van der Waals surface area contributed by atoms with Crippen LogP contribution >= 0.6 is 11.6 Å². The summed E-state index contributed by atoms with van der Waals surface area (Å²) in [6.07, 6.45) is 3.94. The van der Waals surface area contributed by atoms with Crippen molar-refractivity contribution in [2.45, 2.75) is 36.6 Å². The summed E-state index contributed by atoms with van der Waals surface area (Å²) in [4.78, 5) is 2.41. The Morgan fingerprint density at radius 3 is 2.75 bits per heavy atom. The molecule has 1 aromatic carbocycles. The highest BCUT2D eigenvalue weighted by Gasteiger charge is 2.39. The van der Waals surface area contributed by atoms with Crippen LogP contribution in [0.25, 0.3) is 10.4 Å². The van der Waals surface area contributed by atoms with Crippen LogP contribution in [-0.2, 0) is 4.87 Å². The Balaban J connectivity index is 2.36. The predicted octanol–water partition coefficient (Wildman–Crippen LogP) is 4.37. The molecule has 16 heavy (non-hydrogen) atoms. The molecule has 1 aliphatic rings. The van der Waals surface area contributed by atoms with Crippen molar-refractivity contribution in [3.63, 3.8) is 0 Å². The zero-order chi connectivity index (χ0) is 11.4. The van der Waals surface area contributed by atoms with Gasteiger partial charge in [-0.15, -0.1) is 11.6 Å². The summed E-state index contributed by atoms with van der Waals surface area (Å²) in [6, 6.07) is 9.81. The van der Waals surface area contributed by atoms with Gasteiger partial charge in [-0.3, -0.25) is 0 Å². The third-order valence-corrected chi connectivity index (χ3v) is 3.90. The summed E-state index contributed by atoms with van der Waals surface area (Å²) in [7, 11) is 0. The summed E-state index contributed by atoms with van der Waals surface area (Å²) in [5, 5.41) is 3.86. The fraction of sp³-hybridized carbons (Fsp3) is 0.500. The van der Waals surface area contributed by atoms with Crippen LogP contribution in [0.2, 0.25) is 0 Å². The number of hydrogen-bond acceptors (Lipinski definition) is 1. The number of nitrogens with zero attached hydrogens (tertiary/aromatic N) is 3. The Kier molecular flexibility index (Phi) is 3.37. The second kappa shape index (κ2) is 4.77. The molecular weight excluding hydrogens is 222 g/mol. The molecule has 0 heterocycles. The van der Waals surface area contributed by atoms with Crippen molar-refractivity contribution in [2.24, 2.45) is 5.11 Å². The molecule has 0 radical (unpaired) electrons. The van der Waals surface area contributed by atoms with Crippen molar-refractivity contribution in [3.8, 4) is 0 Å². The summed E-state index contributed by atoms with van der Waals surface area (Å²) in [6.45, 7) is 0. The third kappa shape index (κ3) is 2.01. The minimum absolute atomic E-state index is 0.129. The van der Waals surface area contributed by atoms with Gasteiger partial charge in [0, 0.05) is 4.91 Å². The monoisotopic (exact) mass is 235 g/mol. The molecule has 0 unspecified atom stereocenters. The largest absolute Gasteiger partial charge is 0.114 e. The van der Waals surface area contributed by atoms with Crippen molar-refractivity contribution >= 4 is 11.6 Å². The molecule has 84 valence electrons. The van der Waals surface area contributed by atoms with E-state index in [4.69, 9.17) is 17.1 Å². The Labute approximate surface area is 100 Å². The van der Waals surface area contributed by atoms with Crippen LogP contribution in [0.5, 0.6) is 0 Å². The number of benzene rings is 1. The fourth-order valence-electron chi connectivity index (χ4n) is 2.38. The maximum absolute atomic E-state index is 8.60. The molecule has 1 saturated carbocycles. The quantitative estimate of drug-likeness (QED) is 0.316. The lowest BCUT2D eigenvalue weighted by molar-refractivity contribution is 0.343. The number of rotatable bonds is 2. The van der Waals surface area contributed by atoms with Crippen LogP contribution in [0.15, 0.2) is 35.4 Å². The van der Waals surface area contributed by atoms with Crippen LogP contribution in [-0.4, -0.2) is 6.04 Å². The number of halogens is 1. The van der Waals surface area contributed by atoms with Crippen molar-refractivity contribution in [3.05, 3.63) is 46.3 Å². The first kappa shape index (κ1) is 11.3. The van der Waals surface area contributed by atoms with Crippen LogP contribution < -0.4 is 0 Å². The third-order valence-electron chi connectivity index (χ3n) is 3.24. The smallest absolute Gasteiger partial charge is 0.0779 e. The highest BCUT2D eigenvalue weighted by atomic mass is 35.5. The Morgan fingerprint density at radius 2 is 2.06 bits per heavy atom. The topological polar surface area (TPSA) is 48.8 Å². The first-order valence-corrected chi connectivity index (χ1v) is 5.94. The molecule has 0 saturated heterocycles. The maximum Gasteiger partial charge on any atom is 0.0779 e. The molecule has 3 nitrogen and oxygen atoms in total. The number of azide groups is 1. The van der Waals surface area contributed by atoms with E-state index in [2.05, 4.69) is 10.0 Å². The molecular formula is C12H14ClN3. The molecule has 0 aliphatic heterocycles.